The lowest BCUT2D eigenvalue weighted by molar-refractivity contribution is 0.379. The monoisotopic (exact) mass is 329 g/mol. The van der Waals surface area contributed by atoms with Crippen molar-refractivity contribution < 1.29 is 4.39 Å². The second-order valence-electron chi connectivity index (χ2n) is 6.88. The summed E-state index contributed by atoms with van der Waals surface area (Å²) in [5.74, 6) is 2.19. The lowest BCUT2D eigenvalue weighted by Crippen LogP contribution is -2.37. The molecule has 0 spiro atoms. The molecule has 0 aliphatic carbocycles. The first-order chi connectivity index (χ1) is 11.8. The lowest BCUT2D eigenvalue weighted by atomic mass is 10.1. The predicted molar refractivity (Wildman–Crippen MR) is 93.8 cm³/mol. The Morgan fingerprint density at radius 3 is 2.83 bits per heavy atom. The SMILES string of the molecule is Fc1ccc(N2CCC(CNCC3CNc4ccnn4C3)C2)cc1. The van der Waals surface area contributed by atoms with E-state index < -0.39 is 0 Å². The summed E-state index contributed by atoms with van der Waals surface area (Å²) in [6.45, 7) is 6.14. The summed E-state index contributed by atoms with van der Waals surface area (Å²) in [4.78, 5) is 2.35. The van der Waals surface area contributed by atoms with Crippen LogP contribution in [0.3, 0.4) is 0 Å². The van der Waals surface area contributed by atoms with Crippen molar-refractivity contribution >= 4 is 11.5 Å². The average Bonchev–Trinajstić information content (AvgIpc) is 3.24. The second-order valence-corrected chi connectivity index (χ2v) is 6.88. The van der Waals surface area contributed by atoms with Gasteiger partial charge in [-0.2, -0.15) is 5.10 Å². The van der Waals surface area contributed by atoms with E-state index in [1.807, 2.05) is 29.1 Å². The summed E-state index contributed by atoms with van der Waals surface area (Å²) >= 11 is 0. The normalized spacial score (nSPS) is 23.1. The minimum Gasteiger partial charge on any atom is -0.371 e. The summed E-state index contributed by atoms with van der Waals surface area (Å²) in [5.41, 5.74) is 1.13. The van der Waals surface area contributed by atoms with Gasteiger partial charge in [0, 0.05) is 50.4 Å². The lowest BCUT2D eigenvalue weighted by Gasteiger charge is -2.25. The number of benzene rings is 1. The van der Waals surface area contributed by atoms with Crippen molar-refractivity contribution in [3.63, 3.8) is 0 Å². The Labute approximate surface area is 141 Å². The molecule has 2 unspecified atom stereocenters. The Morgan fingerprint density at radius 1 is 1.12 bits per heavy atom. The van der Waals surface area contributed by atoms with Gasteiger partial charge in [0.05, 0.1) is 6.20 Å². The molecule has 0 saturated carbocycles. The van der Waals surface area contributed by atoms with Crippen LogP contribution in [0.15, 0.2) is 36.5 Å². The van der Waals surface area contributed by atoms with E-state index in [9.17, 15) is 4.39 Å². The number of hydrogen-bond donors (Lipinski definition) is 2. The van der Waals surface area contributed by atoms with E-state index in [2.05, 4.69) is 20.6 Å². The molecule has 24 heavy (non-hydrogen) atoms. The smallest absolute Gasteiger partial charge is 0.124 e. The van der Waals surface area contributed by atoms with E-state index >= 15 is 0 Å². The van der Waals surface area contributed by atoms with Crippen LogP contribution in [0.1, 0.15) is 6.42 Å². The molecule has 3 heterocycles. The van der Waals surface area contributed by atoms with Crippen molar-refractivity contribution in [2.45, 2.75) is 13.0 Å². The Hall–Kier alpha value is -2.08. The molecule has 4 rings (SSSR count). The van der Waals surface area contributed by atoms with Crippen molar-refractivity contribution in [1.82, 2.24) is 15.1 Å². The molecule has 0 amide bonds. The highest BCUT2D eigenvalue weighted by molar-refractivity contribution is 5.47. The van der Waals surface area contributed by atoms with Crippen LogP contribution in [0.2, 0.25) is 0 Å². The van der Waals surface area contributed by atoms with Crippen molar-refractivity contribution in [2.75, 3.05) is 42.9 Å². The fourth-order valence-corrected chi connectivity index (χ4v) is 3.70. The molecule has 2 aromatic rings. The molecular formula is C18H24FN5. The number of halogens is 1. The number of hydrogen-bond acceptors (Lipinski definition) is 4. The molecule has 5 nitrogen and oxygen atoms in total. The van der Waals surface area contributed by atoms with Gasteiger partial charge in [0.2, 0.25) is 0 Å². The summed E-state index contributed by atoms with van der Waals surface area (Å²) in [6.07, 6.45) is 3.04. The third-order valence-corrected chi connectivity index (χ3v) is 5.06. The Bertz CT molecular complexity index is 668. The fraction of sp³-hybridized carbons (Fsp3) is 0.500. The Kier molecular flexibility index (Phi) is 4.38. The third kappa shape index (κ3) is 3.38. The van der Waals surface area contributed by atoms with Crippen molar-refractivity contribution in [1.29, 1.82) is 0 Å². The van der Waals surface area contributed by atoms with Crippen LogP contribution in [0.5, 0.6) is 0 Å². The maximum Gasteiger partial charge on any atom is 0.124 e. The number of nitrogens with one attached hydrogen (secondary N) is 2. The predicted octanol–water partition coefficient (Wildman–Crippen LogP) is 2.18. The Morgan fingerprint density at radius 2 is 1.96 bits per heavy atom. The molecular weight excluding hydrogens is 305 g/mol. The number of nitrogens with zero attached hydrogens (tertiary/aromatic N) is 3. The van der Waals surface area contributed by atoms with Crippen LogP contribution in [0, 0.1) is 17.7 Å². The van der Waals surface area contributed by atoms with Gasteiger partial charge >= 0.3 is 0 Å². The molecule has 2 N–H and O–H groups in total. The second kappa shape index (κ2) is 6.81. The Balaban J connectivity index is 1.21. The highest BCUT2D eigenvalue weighted by Gasteiger charge is 2.23. The molecule has 1 aromatic carbocycles. The molecule has 1 aromatic heterocycles. The first-order valence-corrected chi connectivity index (χ1v) is 8.75. The highest BCUT2D eigenvalue weighted by atomic mass is 19.1. The van der Waals surface area contributed by atoms with E-state index in [1.165, 1.54) is 6.42 Å². The maximum absolute atomic E-state index is 13.0. The minimum absolute atomic E-state index is 0.169. The zero-order valence-corrected chi connectivity index (χ0v) is 13.8. The largest absolute Gasteiger partial charge is 0.371 e. The number of anilines is 2. The van der Waals surface area contributed by atoms with Crippen molar-refractivity contribution in [2.24, 2.45) is 11.8 Å². The first kappa shape index (κ1) is 15.4. The van der Waals surface area contributed by atoms with Gasteiger partial charge < -0.3 is 15.5 Å². The van der Waals surface area contributed by atoms with Crippen LogP contribution in [0.25, 0.3) is 0 Å². The molecule has 2 atom stereocenters. The van der Waals surface area contributed by atoms with Gasteiger partial charge in [-0.05, 0) is 43.1 Å². The van der Waals surface area contributed by atoms with E-state index in [4.69, 9.17) is 0 Å². The van der Waals surface area contributed by atoms with Gasteiger partial charge in [0.25, 0.3) is 0 Å². The molecule has 6 heteroatoms. The zero-order valence-electron chi connectivity index (χ0n) is 13.8. The van der Waals surface area contributed by atoms with Crippen LogP contribution < -0.4 is 15.5 Å². The van der Waals surface area contributed by atoms with E-state index in [-0.39, 0.29) is 5.82 Å². The van der Waals surface area contributed by atoms with Gasteiger partial charge in [-0.1, -0.05) is 0 Å². The van der Waals surface area contributed by atoms with Crippen molar-refractivity contribution in [3.8, 4) is 0 Å². The number of rotatable bonds is 5. The first-order valence-electron chi connectivity index (χ1n) is 8.75. The molecule has 1 fully saturated rings. The third-order valence-electron chi connectivity index (χ3n) is 5.06. The van der Waals surface area contributed by atoms with Crippen LogP contribution >= 0.6 is 0 Å². The van der Waals surface area contributed by atoms with E-state index in [0.717, 1.165) is 50.8 Å². The molecule has 0 bridgehead atoms. The molecule has 2 aliphatic rings. The van der Waals surface area contributed by atoms with Gasteiger partial charge in [-0.15, -0.1) is 0 Å². The zero-order chi connectivity index (χ0) is 16.4. The minimum atomic E-state index is -0.169. The fourth-order valence-electron chi connectivity index (χ4n) is 3.70. The standard InChI is InChI=1S/C18H24FN5/c19-16-1-3-17(4-2-16)23-8-6-14(12-23)9-20-10-15-11-21-18-5-7-22-24(18)13-15/h1-5,7,14-15,20-21H,6,8-13H2. The van der Waals surface area contributed by atoms with E-state index in [1.54, 1.807) is 12.1 Å². The molecule has 2 aliphatic heterocycles. The summed E-state index contributed by atoms with van der Waals surface area (Å²) in [7, 11) is 0. The van der Waals surface area contributed by atoms with Crippen LogP contribution in [0.4, 0.5) is 15.9 Å². The molecule has 0 radical (unpaired) electrons. The number of fused-ring (bicyclic) bond motifs is 1. The molecule has 1 saturated heterocycles. The summed E-state index contributed by atoms with van der Waals surface area (Å²) in [6, 6.07) is 8.86. The topological polar surface area (TPSA) is 45.1 Å². The van der Waals surface area contributed by atoms with Gasteiger partial charge in [0.1, 0.15) is 11.6 Å². The van der Waals surface area contributed by atoms with E-state index in [0.29, 0.717) is 11.8 Å². The van der Waals surface area contributed by atoms with Gasteiger partial charge in [-0.3, -0.25) is 0 Å². The summed E-state index contributed by atoms with van der Waals surface area (Å²) < 4.78 is 15.1. The van der Waals surface area contributed by atoms with Crippen LogP contribution in [-0.4, -0.2) is 42.5 Å². The average molecular weight is 329 g/mol. The maximum atomic E-state index is 13.0. The highest BCUT2D eigenvalue weighted by Crippen LogP contribution is 2.23. The van der Waals surface area contributed by atoms with Gasteiger partial charge in [-0.25, -0.2) is 9.07 Å². The number of aromatic nitrogens is 2. The quantitative estimate of drug-likeness (QED) is 0.883. The van der Waals surface area contributed by atoms with Crippen molar-refractivity contribution in [3.05, 3.63) is 42.3 Å². The molecule has 128 valence electrons. The summed E-state index contributed by atoms with van der Waals surface area (Å²) in [5, 5.41) is 11.4. The van der Waals surface area contributed by atoms with Crippen LogP contribution in [-0.2, 0) is 6.54 Å². The van der Waals surface area contributed by atoms with Gasteiger partial charge in [0.15, 0.2) is 0 Å².